The fraction of sp³-hybridized carbons (Fsp3) is 0.524. The second-order valence-corrected chi connectivity index (χ2v) is 8.67. The van der Waals surface area contributed by atoms with Gasteiger partial charge in [-0.2, -0.15) is 0 Å². The van der Waals surface area contributed by atoms with Gasteiger partial charge < -0.3 is 19.7 Å². The topological polar surface area (TPSA) is 112 Å². The Labute approximate surface area is 185 Å². The summed E-state index contributed by atoms with van der Waals surface area (Å²) in [6.07, 6.45) is 0.0841. The number of Topliss-reactive ketones (excluding diaryl/α,β-unsaturated/α-hetero) is 1. The molecule has 9 nitrogen and oxygen atoms in total. The van der Waals surface area contributed by atoms with Crippen molar-refractivity contribution in [2.45, 2.75) is 31.2 Å². The molecule has 0 radical (unpaired) electrons. The van der Waals surface area contributed by atoms with Crippen LogP contribution in [-0.2, 0) is 4.79 Å². The molecule has 2 fully saturated rings. The van der Waals surface area contributed by atoms with E-state index in [9.17, 15) is 14.7 Å². The number of hydrogen-bond acceptors (Lipinski definition) is 7. The van der Waals surface area contributed by atoms with E-state index in [-0.39, 0.29) is 24.2 Å². The summed E-state index contributed by atoms with van der Waals surface area (Å²) in [6.45, 7) is 3.74. The van der Waals surface area contributed by atoms with Crippen molar-refractivity contribution in [3.8, 4) is 0 Å². The van der Waals surface area contributed by atoms with Crippen molar-refractivity contribution >= 4 is 29.5 Å². The minimum absolute atomic E-state index is 0.0382. The molecule has 31 heavy (non-hydrogen) atoms. The number of likely N-dealkylation sites (N-methyl/N-ethyl adjacent to an activating group) is 1. The van der Waals surface area contributed by atoms with E-state index in [4.69, 9.17) is 16.0 Å². The van der Waals surface area contributed by atoms with Crippen molar-refractivity contribution in [3.05, 3.63) is 40.7 Å². The number of nitrogens with zero attached hydrogens (tertiary/aromatic N) is 4. The van der Waals surface area contributed by atoms with Crippen LogP contribution in [0.15, 0.2) is 28.7 Å². The van der Waals surface area contributed by atoms with Crippen LogP contribution >= 0.6 is 11.6 Å². The smallest absolute Gasteiger partial charge is 0.407 e. The average molecular weight is 448 g/mol. The molecule has 1 aromatic carbocycles. The van der Waals surface area contributed by atoms with Gasteiger partial charge in [-0.15, -0.1) is 5.10 Å². The van der Waals surface area contributed by atoms with Crippen molar-refractivity contribution < 1.29 is 19.1 Å². The molecular weight excluding hydrogens is 422 g/mol. The van der Waals surface area contributed by atoms with Crippen LogP contribution in [0.2, 0.25) is 5.02 Å². The molecule has 2 aliphatic rings. The Kier molecular flexibility index (Phi) is 5.90. The lowest BCUT2D eigenvalue weighted by Crippen LogP contribution is -2.61. The minimum Gasteiger partial charge on any atom is -0.465 e. The normalized spacial score (nSPS) is 24.4. The first-order valence-electron chi connectivity index (χ1n) is 10.3. The highest BCUT2D eigenvalue weighted by atomic mass is 35.5. The third kappa shape index (κ3) is 3.87. The highest BCUT2D eigenvalue weighted by Crippen LogP contribution is 2.41. The Balaban J connectivity index is 1.60. The number of ketones is 1. The SMILES string of the molecule is Cc1nnc(N2CCC(C(=O)[C@@]3(N(C)C(=O)O)CNC[C@H]3c3ccc(Cl)cc3)CC2)o1. The molecule has 10 heteroatoms. The molecule has 2 saturated heterocycles. The van der Waals surface area contributed by atoms with Crippen molar-refractivity contribution in [1.82, 2.24) is 20.4 Å². The quantitative estimate of drug-likeness (QED) is 0.719. The molecule has 2 aromatic rings. The van der Waals surface area contributed by atoms with E-state index in [1.165, 1.54) is 11.9 Å². The predicted molar refractivity (Wildman–Crippen MR) is 115 cm³/mol. The van der Waals surface area contributed by atoms with Crippen LogP contribution in [0.4, 0.5) is 10.8 Å². The van der Waals surface area contributed by atoms with E-state index < -0.39 is 11.6 Å². The molecule has 166 valence electrons. The number of carbonyl (C=O) groups is 2. The first-order chi connectivity index (χ1) is 14.8. The van der Waals surface area contributed by atoms with Crippen LogP contribution in [0, 0.1) is 12.8 Å². The highest BCUT2D eigenvalue weighted by Gasteiger charge is 2.56. The standard InChI is InChI=1S/C21H26ClN5O4/c1-13-24-25-19(31-13)27-9-7-15(8-10-27)18(28)21(26(2)20(29)30)12-23-11-17(21)14-3-5-16(22)6-4-14/h3-6,15,17,23H,7-12H2,1-2H3,(H,29,30)/t17-,21+/m0/s1. The summed E-state index contributed by atoms with van der Waals surface area (Å²) in [4.78, 5) is 29.1. The van der Waals surface area contributed by atoms with Gasteiger partial charge in [-0.05, 0) is 30.5 Å². The Morgan fingerprint density at radius 1 is 1.26 bits per heavy atom. The van der Waals surface area contributed by atoms with Gasteiger partial charge in [-0.25, -0.2) is 4.79 Å². The fourth-order valence-corrected chi connectivity index (χ4v) is 4.96. The molecule has 0 aliphatic carbocycles. The summed E-state index contributed by atoms with van der Waals surface area (Å²) < 4.78 is 5.50. The summed E-state index contributed by atoms with van der Waals surface area (Å²) in [6, 6.07) is 7.75. The second kappa shape index (κ2) is 8.47. The fourth-order valence-electron chi connectivity index (χ4n) is 4.84. The number of hydrogen-bond donors (Lipinski definition) is 2. The van der Waals surface area contributed by atoms with E-state index in [0.29, 0.717) is 49.4 Å². The summed E-state index contributed by atoms with van der Waals surface area (Å²) in [5.41, 5.74) is -0.275. The number of aromatic nitrogens is 2. The van der Waals surface area contributed by atoms with Gasteiger partial charge in [0.05, 0.1) is 0 Å². The van der Waals surface area contributed by atoms with Crippen LogP contribution in [0.25, 0.3) is 0 Å². The number of carboxylic acid groups (broad SMARTS) is 1. The molecule has 2 atom stereocenters. The number of piperidine rings is 1. The van der Waals surface area contributed by atoms with Crippen molar-refractivity contribution in [2.24, 2.45) is 5.92 Å². The minimum atomic E-state index is -1.17. The third-order valence-electron chi connectivity index (χ3n) is 6.56. The van der Waals surface area contributed by atoms with Gasteiger partial charge in [0.25, 0.3) is 0 Å². The largest absolute Gasteiger partial charge is 0.465 e. The van der Waals surface area contributed by atoms with Gasteiger partial charge in [-0.1, -0.05) is 28.8 Å². The maximum absolute atomic E-state index is 13.9. The maximum Gasteiger partial charge on any atom is 0.407 e. The second-order valence-electron chi connectivity index (χ2n) is 8.23. The first-order valence-corrected chi connectivity index (χ1v) is 10.7. The zero-order valence-electron chi connectivity index (χ0n) is 17.5. The highest BCUT2D eigenvalue weighted by molar-refractivity contribution is 6.30. The van der Waals surface area contributed by atoms with E-state index >= 15 is 0 Å². The van der Waals surface area contributed by atoms with Crippen molar-refractivity contribution in [3.63, 3.8) is 0 Å². The van der Waals surface area contributed by atoms with Crippen LogP contribution in [0.3, 0.4) is 0 Å². The summed E-state index contributed by atoms with van der Waals surface area (Å²) in [5, 5.41) is 21.6. The van der Waals surface area contributed by atoms with Gasteiger partial charge in [0.2, 0.25) is 5.89 Å². The molecule has 2 aliphatic heterocycles. The van der Waals surface area contributed by atoms with Gasteiger partial charge >= 0.3 is 12.1 Å². The number of benzene rings is 1. The van der Waals surface area contributed by atoms with Gasteiger partial charge in [0.15, 0.2) is 5.78 Å². The number of halogens is 1. The monoisotopic (exact) mass is 447 g/mol. The number of amides is 1. The van der Waals surface area contributed by atoms with Crippen LogP contribution in [0.1, 0.15) is 30.2 Å². The Morgan fingerprint density at radius 3 is 2.52 bits per heavy atom. The molecule has 0 spiro atoms. The molecule has 3 heterocycles. The summed E-state index contributed by atoms with van der Waals surface area (Å²) in [5.74, 6) is -0.0893. The van der Waals surface area contributed by atoms with Crippen molar-refractivity contribution in [2.75, 3.05) is 38.1 Å². The maximum atomic E-state index is 13.9. The first kappa shape index (κ1) is 21.6. The molecule has 1 amide bonds. The van der Waals surface area contributed by atoms with Gasteiger partial charge in [0, 0.05) is 57.0 Å². The van der Waals surface area contributed by atoms with Crippen LogP contribution < -0.4 is 10.2 Å². The lowest BCUT2D eigenvalue weighted by atomic mass is 9.72. The van der Waals surface area contributed by atoms with Crippen LogP contribution in [0.5, 0.6) is 0 Å². The van der Waals surface area contributed by atoms with E-state index in [1.54, 1.807) is 19.1 Å². The van der Waals surface area contributed by atoms with E-state index in [1.807, 2.05) is 17.0 Å². The Morgan fingerprint density at radius 2 is 1.94 bits per heavy atom. The zero-order valence-corrected chi connectivity index (χ0v) is 18.3. The van der Waals surface area contributed by atoms with Crippen LogP contribution in [-0.4, -0.2) is 70.8 Å². The van der Waals surface area contributed by atoms with Gasteiger partial charge in [0.1, 0.15) is 5.54 Å². The Bertz CT molecular complexity index is 957. The average Bonchev–Trinajstić information content (AvgIpc) is 3.40. The molecule has 0 unspecified atom stereocenters. The van der Waals surface area contributed by atoms with Crippen molar-refractivity contribution in [1.29, 1.82) is 0 Å². The number of rotatable bonds is 5. The van der Waals surface area contributed by atoms with Gasteiger partial charge in [-0.3, -0.25) is 9.69 Å². The third-order valence-corrected chi connectivity index (χ3v) is 6.81. The summed E-state index contributed by atoms with van der Waals surface area (Å²) >= 11 is 6.04. The zero-order chi connectivity index (χ0) is 22.2. The van der Waals surface area contributed by atoms with E-state index in [2.05, 4.69) is 15.5 Å². The number of carbonyl (C=O) groups excluding carboxylic acids is 1. The number of nitrogens with one attached hydrogen (secondary N) is 1. The lowest BCUT2D eigenvalue weighted by molar-refractivity contribution is -0.134. The molecular formula is C21H26ClN5O4. The molecule has 2 N–H and O–H groups in total. The lowest BCUT2D eigenvalue weighted by Gasteiger charge is -2.43. The Hall–Kier alpha value is -2.65. The van der Waals surface area contributed by atoms with E-state index in [0.717, 1.165) is 5.56 Å². The number of aryl methyl sites for hydroxylation is 1. The number of anilines is 1. The molecule has 1 aromatic heterocycles. The molecule has 4 rings (SSSR count). The summed E-state index contributed by atoms with van der Waals surface area (Å²) in [7, 11) is 1.49. The predicted octanol–water partition coefficient (Wildman–Crippen LogP) is 2.55. The molecule has 0 bridgehead atoms. The molecule has 0 saturated carbocycles.